The summed E-state index contributed by atoms with van der Waals surface area (Å²) in [6.45, 7) is 2.09. The molecule has 154 valence electrons. The number of benzene rings is 1. The van der Waals surface area contributed by atoms with E-state index < -0.39 is 0 Å². The van der Waals surface area contributed by atoms with Crippen LogP contribution in [0, 0.1) is 5.41 Å². The lowest BCUT2D eigenvalue weighted by molar-refractivity contribution is -0.130. The van der Waals surface area contributed by atoms with Gasteiger partial charge in [-0.05, 0) is 38.5 Å². The molecule has 1 heterocycles. The molecule has 0 unspecified atom stereocenters. The van der Waals surface area contributed by atoms with Crippen LogP contribution in [-0.2, 0) is 4.79 Å². The number of aromatic nitrogens is 1. The van der Waals surface area contributed by atoms with E-state index in [2.05, 4.69) is 22.5 Å². The minimum Gasteiger partial charge on any atom is -0.443 e. The second kappa shape index (κ2) is 8.39. The molecule has 0 spiro atoms. The van der Waals surface area contributed by atoms with E-state index in [1.165, 1.54) is 6.39 Å². The molecular formula is C23H29N3O3. The molecule has 0 atom stereocenters. The average molecular weight is 396 g/mol. The number of carbonyl (C=O) groups excluding carboxylic acids is 2. The molecule has 2 fully saturated rings. The Bertz CT molecular complexity index is 847. The number of amides is 2. The Morgan fingerprint density at radius 3 is 2.28 bits per heavy atom. The molecule has 2 aliphatic carbocycles. The molecule has 2 N–H and O–H groups in total. The molecule has 2 saturated carbocycles. The van der Waals surface area contributed by atoms with Gasteiger partial charge >= 0.3 is 0 Å². The van der Waals surface area contributed by atoms with E-state index >= 15 is 0 Å². The number of nitrogens with zero attached hydrogens (tertiary/aromatic N) is 1. The van der Waals surface area contributed by atoms with Crippen molar-refractivity contribution in [3.8, 4) is 11.3 Å². The van der Waals surface area contributed by atoms with Crippen LogP contribution in [0.3, 0.4) is 0 Å². The zero-order valence-electron chi connectivity index (χ0n) is 16.9. The topological polar surface area (TPSA) is 84.2 Å². The second-order valence-corrected chi connectivity index (χ2v) is 8.66. The lowest BCUT2D eigenvalue weighted by Gasteiger charge is -2.32. The van der Waals surface area contributed by atoms with Gasteiger partial charge in [-0.3, -0.25) is 9.59 Å². The fourth-order valence-corrected chi connectivity index (χ4v) is 4.58. The average Bonchev–Trinajstić information content (AvgIpc) is 3.40. The molecule has 4 rings (SSSR count). The van der Waals surface area contributed by atoms with Crippen LogP contribution in [0.15, 0.2) is 41.1 Å². The first-order valence-corrected chi connectivity index (χ1v) is 10.7. The van der Waals surface area contributed by atoms with Gasteiger partial charge < -0.3 is 15.1 Å². The highest BCUT2D eigenvalue weighted by Gasteiger charge is 2.37. The van der Waals surface area contributed by atoms with Gasteiger partial charge in [0.15, 0.2) is 17.8 Å². The fourth-order valence-electron chi connectivity index (χ4n) is 4.58. The van der Waals surface area contributed by atoms with E-state index in [0.29, 0.717) is 11.5 Å². The van der Waals surface area contributed by atoms with Crippen molar-refractivity contribution in [1.82, 2.24) is 15.6 Å². The van der Waals surface area contributed by atoms with E-state index in [0.717, 1.165) is 56.9 Å². The zero-order valence-corrected chi connectivity index (χ0v) is 16.9. The minimum absolute atomic E-state index is 0.0954. The van der Waals surface area contributed by atoms with Crippen LogP contribution in [0.5, 0.6) is 0 Å². The van der Waals surface area contributed by atoms with Crippen LogP contribution >= 0.6 is 0 Å². The van der Waals surface area contributed by atoms with Crippen molar-refractivity contribution in [1.29, 1.82) is 0 Å². The minimum atomic E-state index is -0.205. The third kappa shape index (κ3) is 4.36. The summed E-state index contributed by atoms with van der Waals surface area (Å²) in [6.07, 6.45) is 9.07. The highest BCUT2D eigenvalue weighted by Crippen LogP contribution is 2.38. The van der Waals surface area contributed by atoms with Crippen LogP contribution in [-0.4, -0.2) is 28.9 Å². The SMILES string of the molecule is CC1(C(=O)NC2CCC(NC(=O)c3ncoc3-c3ccccc3)CC2)CCCC1. The number of hydrogen-bond acceptors (Lipinski definition) is 4. The van der Waals surface area contributed by atoms with Gasteiger partial charge in [-0.15, -0.1) is 0 Å². The first-order chi connectivity index (χ1) is 14.0. The standard InChI is InChI=1S/C23H29N3O3/c1-23(13-5-6-14-23)22(28)26-18-11-9-17(10-12-18)25-21(27)19-20(29-15-24-19)16-7-3-2-4-8-16/h2-4,7-8,15,17-18H,5-6,9-14H2,1H3,(H,25,27)(H,26,28). The van der Waals surface area contributed by atoms with Gasteiger partial charge in [-0.2, -0.15) is 0 Å². The summed E-state index contributed by atoms with van der Waals surface area (Å²) in [4.78, 5) is 29.5. The van der Waals surface area contributed by atoms with Crippen molar-refractivity contribution in [2.24, 2.45) is 5.41 Å². The first-order valence-electron chi connectivity index (χ1n) is 10.7. The number of oxazole rings is 1. The summed E-state index contributed by atoms with van der Waals surface area (Å²) >= 11 is 0. The summed E-state index contributed by atoms with van der Waals surface area (Å²) in [7, 11) is 0. The Balaban J connectivity index is 1.30. The van der Waals surface area contributed by atoms with Crippen molar-refractivity contribution in [2.75, 3.05) is 0 Å². The molecule has 2 amide bonds. The highest BCUT2D eigenvalue weighted by molar-refractivity contribution is 5.97. The fraction of sp³-hybridized carbons (Fsp3) is 0.522. The largest absolute Gasteiger partial charge is 0.443 e. The highest BCUT2D eigenvalue weighted by atomic mass is 16.3. The van der Waals surface area contributed by atoms with Crippen LogP contribution in [0.2, 0.25) is 0 Å². The molecule has 2 aliphatic rings. The maximum atomic E-state index is 12.7. The lowest BCUT2D eigenvalue weighted by atomic mass is 9.85. The molecule has 2 aromatic rings. The monoisotopic (exact) mass is 395 g/mol. The van der Waals surface area contributed by atoms with Crippen LogP contribution in [0.4, 0.5) is 0 Å². The van der Waals surface area contributed by atoms with Crippen LogP contribution in [0.1, 0.15) is 68.8 Å². The number of hydrogen-bond donors (Lipinski definition) is 2. The molecule has 0 bridgehead atoms. The quantitative estimate of drug-likeness (QED) is 0.799. The van der Waals surface area contributed by atoms with Gasteiger partial charge in [0.25, 0.3) is 5.91 Å². The van der Waals surface area contributed by atoms with Gasteiger partial charge in [0.2, 0.25) is 5.91 Å². The summed E-state index contributed by atoms with van der Waals surface area (Å²) in [6, 6.07) is 9.83. The number of carbonyl (C=O) groups is 2. The van der Waals surface area contributed by atoms with Gasteiger partial charge in [0.05, 0.1) is 0 Å². The van der Waals surface area contributed by atoms with E-state index in [4.69, 9.17) is 4.42 Å². The molecular weight excluding hydrogens is 366 g/mol. The third-order valence-electron chi connectivity index (χ3n) is 6.47. The Morgan fingerprint density at radius 2 is 1.62 bits per heavy atom. The Kier molecular flexibility index (Phi) is 5.69. The normalized spacial score (nSPS) is 23.5. The Hall–Kier alpha value is -2.63. The van der Waals surface area contributed by atoms with Gasteiger partial charge in [0.1, 0.15) is 0 Å². The summed E-state index contributed by atoms with van der Waals surface area (Å²) in [5.74, 6) is 0.495. The van der Waals surface area contributed by atoms with E-state index in [9.17, 15) is 9.59 Å². The maximum absolute atomic E-state index is 12.7. The molecule has 29 heavy (non-hydrogen) atoms. The molecule has 6 heteroatoms. The smallest absolute Gasteiger partial charge is 0.274 e. The van der Waals surface area contributed by atoms with Gasteiger partial charge in [-0.25, -0.2) is 4.98 Å². The van der Waals surface area contributed by atoms with Gasteiger partial charge in [-0.1, -0.05) is 50.1 Å². The number of nitrogens with one attached hydrogen (secondary N) is 2. The molecule has 0 saturated heterocycles. The molecule has 1 aromatic heterocycles. The van der Waals surface area contributed by atoms with Crippen molar-refractivity contribution in [3.63, 3.8) is 0 Å². The van der Waals surface area contributed by atoms with Crippen molar-refractivity contribution >= 4 is 11.8 Å². The molecule has 1 aromatic carbocycles. The second-order valence-electron chi connectivity index (χ2n) is 8.66. The molecule has 6 nitrogen and oxygen atoms in total. The third-order valence-corrected chi connectivity index (χ3v) is 6.47. The van der Waals surface area contributed by atoms with E-state index in [1.54, 1.807) is 0 Å². The maximum Gasteiger partial charge on any atom is 0.274 e. The number of rotatable bonds is 5. The predicted octanol–water partition coefficient (Wildman–Crippen LogP) is 4.08. The molecule has 0 aliphatic heterocycles. The Labute approximate surface area is 171 Å². The van der Waals surface area contributed by atoms with E-state index in [1.807, 2.05) is 30.3 Å². The van der Waals surface area contributed by atoms with Crippen molar-refractivity contribution in [3.05, 3.63) is 42.4 Å². The Morgan fingerprint density at radius 1 is 1.00 bits per heavy atom. The van der Waals surface area contributed by atoms with Gasteiger partial charge in [0, 0.05) is 23.1 Å². The molecule has 0 radical (unpaired) electrons. The first kappa shape index (κ1) is 19.7. The van der Waals surface area contributed by atoms with Crippen LogP contribution < -0.4 is 10.6 Å². The summed E-state index contributed by atoms with van der Waals surface area (Å²) < 4.78 is 5.46. The van der Waals surface area contributed by atoms with E-state index in [-0.39, 0.29) is 29.3 Å². The summed E-state index contributed by atoms with van der Waals surface area (Å²) in [5.41, 5.74) is 0.967. The summed E-state index contributed by atoms with van der Waals surface area (Å²) in [5, 5.41) is 6.35. The zero-order chi connectivity index (χ0) is 20.3. The van der Waals surface area contributed by atoms with Crippen molar-refractivity contribution < 1.29 is 14.0 Å². The lowest BCUT2D eigenvalue weighted by Crippen LogP contribution is -2.47. The predicted molar refractivity (Wildman–Crippen MR) is 110 cm³/mol. The van der Waals surface area contributed by atoms with Crippen molar-refractivity contribution in [2.45, 2.75) is 70.4 Å². The van der Waals surface area contributed by atoms with Crippen LogP contribution in [0.25, 0.3) is 11.3 Å².